The van der Waals surface area contributed by atoms with Crippen LogP contribution in [0.3, 0.4) is 0 Å². The first-order chi connectivity index (χ1) is 19.6. The first kappa shape index (κ1) is 24.9. The summed E-state index contributed by atoms with van der Waals surface area (Å²) in [5.41, 5.74) is 9.42. The number of benzene rings is 5. The molecule has 0 heterocycles. The fourth-order valence-corrected chi connectivity index (χ4v) is 8.61. The summed E-state index contributed by atoms with van der Waals surface area (Å²) in [6.45, 7) is 0. The van der Waals surface area contributed by atoms with Crippen LogP contribution in [-0.2, 0) is 0 Å². The van der Waals surface area contributed by atoms with Gasteiger partial charge in [-0.25, -0.2) is 0 Å². The Morgan fingerprint density at radius 1 is 0.525 bits per heavy atom. The van der Waals surface area contributed by atoms with Crippen LogP contribution in [0.2, 0.25) is 0 Å². The molecule has 5 aromatic rings. The van der Waals surface area contributed by atoms with Crippen LogP contribution in [0.15, 0.2) is 112 Å². The number of hydrogen-bond donors (Lipinski definition) is 0. The molecule has 9 rings (SSSR count). The van der Waals surface area contributed by atoms with Crippen LogP contribution in [0, 0.1) is 11.8 Å². The second-order valence-electron chi connectivity index (χ2n) is 12.2. The number of nitrogens with zero attached hydrogens (tertiary/aromatic N) is 1. The molecule has 4 aliphatic carbocycles. The molecule has 2 atom stereocenters. The van der Waals surface area contributed by atoms with Gasteiger partial charge in [-0.15, -0.1) is 0 Å². The van der Waals surface area contributed by atoms with Crippen LogP contribution in [-0.4, -0.2) is 0 Å². The lowest BCUT2D eigenvalue weighted by Gasteiger charge is -2.38. The van der Waals surface area contributed by atoms with Gasteiger partial charge in [0, 0.05) is 25.9 Å². The zero-order valence-electron chi connectivity index (χ0n) is 22.4. The van der Waals surface area contributed by atoms with Gasteiger partial charge in [-0.1, -0.05) is 74.3 Å². The Balaban J connectivity index is 1.35. The predicted octanol–water partition coefficient (Wildman–Crippen LogP) is 11.9. The minimum absolute atomic E-state index is 0.726. The Kier molecular flexibility index (Phi) is 6.15. The highest BCUT2D eigenvalue weighted by molar-refractivity contribution is 9.10. The van der Waals surface area contributed by atoms with E-state index in [1.165, 1.54) is 59.7 Å². The van der Waals surface area contributed by atoms with E-state index in [0.29, 0.717) is 0 Å². The zero-order valence-corrected chi connectivity index (χ0v) is 25.5. The molecular weight excluding hydrogens is 618 g/mol. The molecule has 0 aliphatic heterocycles. The summed E-state index contributed by atoms with van der Waals surface area (Å²) in [4.78, 5) is 2.42. The molecule has 2 fully saturated rings. The van der Waals surface area contributed by atoms with Crippen molar-refractivity contribution in [2.45, 2.75) is 43.9 Å². The fourth-order valence-electron chi connectivity index (χ4n) is 8.08. The van der Waals surface area contributed by atoms with Crippen LogP contribution < -0.4 is 4.90 Å². The van der Waals surface area contributed by atoms with Crippen LogP contribution in [0.4, 0.5) is 17.1 Å². The fraction of sp³-hybridized carbons (Fsp3) is 0.243. The molecule has 198 valence electrons. The van der Waals surface area contributed by atoms with Gasteiger partial charge in [0.2, 0.25) is 0 Å². The lowest BCUT2D eigenvalue weighted by molar-refractivity contribution is 0.166. The van der Waals surface area contributed by atoms with Crippen molar-refractivity contribution in [1.82, 2.24) is 0 Å². The van der Waals surface area contributed by atoms with Gasteiger partial charge in [0.05, 0.1) is 5.69 Å². The average molecular weight is 649 g/mol. The summed E-state index contributed by atoms with van der Waals surface area (Å²) in [6, 6.07) is 38.4. The maximum absolute atomic E-state index is 3.65. The Morgan fingerprint density at radius 3 is 1.68 bits per heavy atom. The number of rotatable bonds is 4. The lowest BCUT2D eigenvalue weighted by atomic mass is 9.67. The van der Waals surface area contributed by atoms with Crippen LogP contribution >= 0.6 is 31.9 Å². The molecular formula is C37H31Br2N. The van der Waals surface area contributed by atoms with Gasteiger partial charge >= 0.3 is 0 Å². The van der Waals surface area contributed by atoms with Crippen molar-refractivity contribution < 1.29 is 0 Å². The van der Waals surface area contributed by atoms with Gasteiger partial charge in [-0.2, -0.15) is 0 Å². The number of halogens is 2. The van der Waals surface area contributed by atoms with E-state index in [0.717, 1.165) is 44.0 Å². The van der Waals surface area contributed by atoms with E-state index in [-0.39, 0.29) is 0 Å². The molecule has 40 heavy (non-hydrogen) atoms. The maximum Gasteiger partial charge on any atom is 0.0546 e. The second-order valence-corrected chi connectivity index (χ2v) is 14.0. The predicted molar refractivity (Wildman–Crippen MR) is 175 cm³/mol. The lowest BCUT2D eigenvalue weighted by Crippen LogP contribution is -2.25. The van der Waals surface area contributed by atoms with E-state index < -0.39 is 0 Å². The normalized spacial score (nSPS) is 22.8. The highest BCUT2D eigenvalue weighted by Gasteiger charge is 2.42. The molecule has 4 bridgehead atoms. The first-order valence-corrected chi connectivity index (χ1v) is 16.2. The summed E-state index contributed by atoms with van der Waals surface area (Å²) in [5, 5.41) is 2.54. The topological polar surface area (TPSA) is 3.24 Å². The Hall–Kier alpha value is -2.88. The van der Waals surface area contributed by atoms with Crippen molar-refractivity contribution in [3.63, 3.8) is 0 Å². The number of fused-ring (bicyclic) bond motifs is 1. The van der Waals surface area contributed by atoms with Gasteiger partial charge in [0.15, 0.2) is 0 Å². The molecule has 3 heteroatoms. The van der Waals surface area contributed by atoms with E-state index in [2.05, 4.69) is 140 Å². The molecule has 0 spiro atoms. The molecule has 0 aromatic heterocycles. The van der Waals surface area contributed by atoms with Crippen molar-refractivity contribution in [2.75, 3.05) is 4.90 Å². The smallest absolute Gasteiger partial charge is 0.0546 e. The minimum Gasteiger partial charge on any atom is -0.310 e. The SMILES string of the molecule is Brc1ccc(N(c2ccc(Br)cc2)c2cc3ccccc3cc2-c2ccc3c(c2)C2CC4CC(CC3C4)C2)cc1. The van der Waals surface area contributed by atoms with Crippen LogP contribution in [0.25, 0.3) is 21.9 Å². The number of hydrogen-bond acceptors (Lipinski definition) is 1. The van der Waals surface area contributed by atoms with E-state index in [4.69, 9.17) is 0 Å². The van der Waals surface area contributed by atoms with Gasteiger partial charge < -0.3 is 4.90 Å². The van der Waals surface area contributed by atoms with E-state index in [1.807, 2.05) is 0 Å². The van der Waals surface area contributed by atoms with Gasteiger partial charge in [-0.05, 0) is 144 Å². The summed E-state index contributed by atoms with van der Waals surface area (Å²) in [6.07, 6.45) is 7.05. The molecule has 4 aliphatic rings. The molecule has 0 N–H and O–H groups in total. The van der Waals surface area contributed by atoms with Crippen molar-refractivity contribution in [3.8, 4) is 11.1 Å². The van der Waals surface area contributed by atoms with Gasteiger partial charge in [0.1, 0.15) is 0 Å². The Morgan fingerprint density at radius 2 is 1.07 bits per heavy atom. The monoisotopic (exact) mass is 647 g/mol. The molecule has 0 saturated heterocycles. The molecule has 1 nitrogen and oxygen atoms in total. The third-order valence-electron chi connectivity index (χ3n) is 9.69. The minimum atomic E-state index is 0.726. The summed E-state index contributed by atoms with van der Waals surface area (Å²) in [5.74, 6) is 3.35. The van der Waals surface area contributed by atoms with Crippen LogP contribution in [0.5, 0.6) is 0 Å². The van der Waals surface area contributed by atoms with E-state index in [1.54, 1.807) is 11.1 Å². The quantitative estimate of drug-likeness (QED) is 0.187. The van der Waals surface area contributed by atoms with E-state index >= 15 is 0 Å². The van der Waals surface area contributed by atoms with E-state index in [9.17, 15) is 0 Å². The first-order valence-electron chi connectivity index (χ1n) is 14.6. The highest BCUT2D eigenvalue weighted by atomic mass is 79.9. The third kappa shape index (κ3) is 4.33. The largest absolute Gasteiger partial charge is 0.310 e. The third-order valence-corrected chi connectivity index (χ3v) is 10.7. The maximum atomic E-state index is 3.65. The molecule has 2 saturated carbocycles. The van der Waals surface area contributed by atoms with Gasteiger partial charge in [0.25, 0.3) is 0 Å². The molecule has 5 aromatic carbocycles. The van der Waals surface area contributed by atoms with Gasteiger partial charge in [-0.3, -0.25) is 0 Å². The Labute approximate surface area is 253 Å². The summed E-state index contributed by atoms with van der Waals surface area (Å²) < 4.78 is 2.17. The van der Waals surface area contributed by atoms with Crippen molar-refractivity contribution in [3.05, 3.63) is 123 Å². The molecule has 0 amide bonds. The standard InChI is InChI=1S/C37H31Br2N/c38-30-6-10-32(11-7-30)40(33-12-8-31(39)9-13-33)37-22-26-4-2-1-3-25(26)20-36(37)27-5-14-34-28-16-23-15-24(17-28)19-29(18-23)35(34)21-27/h1-14,20-24,28-29H,15-19H2. The summed E-state index contributed by atoms with van der Waals surface area (Å²) >= 11 is 7.29. The Bertz CT molecular complexity index is 1660. The van der Waals surface area contributed by atoms with Crippen molar-refractivity contribution in [1.29, 1.82) is 0 Å². The summed E-state index contributed by atoms with van der Waals surface area (Å²) in [7, 11) is 0. The molecule has 2 unspecified atom stereocenters. The highest BCUT2D eigenvalue weighted by Crippen LogP contribution is 2.57. The van der Waals surface area contributed by atoms with Crippen LogP contribution in [0.1, 0.15) is 55.1 Å². The second kappa shape index (κ2) is 9.89. The average Bonchev–Trinajstić information content (AvgIpc) is 3.14. The molecule has 0 radical (unpaired) electrons. The van der Waals surface area contributed by atoms with Crippen molar-refractivity contribution in [2.24, 2.45) is 11.8 Å². The van der Waals surface area contributed by atoms with Crippen molar-refractivity contribution >= 4 is 59.7 Å². The number of anilines is 3. The zero-order chi connectivity index (χ0) is 26.8.